The van der Waals surface area contributed by atoms with Gasteiger partial charge in [-0.15, -0.1) is 11.8 Å². The Morgan fingerprint density at radius 1 is 1.52 bits per heavy atom. The first-order valence-corrected chi connectivity index (χ1v) is 9.34. The lowest BCUT2D eigenvalue weighted by molar-refractivity contribution is -0.387. The standard InChI is InChI=1S/C15H19N3O3S2/c1-10(2)5-7-22-13-4-3-11(9-12(13)18(20)21)14(19)17-15-16-6-8-23-15/h3-4,9-10H,5-8H2,1-2H3,(H,16,17,19). The van der Waals surface area contributed by atoms with E-state index in [2.05, 4.69) is 24.2 Å². The van der Waals surface area contributed by atoms with Gasteiger partial charge in [-0.25, -0.2) is 0 Å². The SMILES string of the molecule is CC(C)CCSc1ccc(C(=O)NC2=NCCS2)cc1[N+](=O)[O-]. The van der Waals surface area contributed by atoms with Gasteiger partial charge in [0, 0.05) is 17.4 Å². The molecule has 0 spiro atoms. The van der Waals surface area contributed by atoms with E-state index in [1.54, 1.807) is 12.1 Å². The van der Waals surface area contributed by atoms with Crippen LogP contribution in [-0.2, 0) is 0 Å². The Morgan fingerprint density at radius 3 is 2.91 bits per heavy atom. The molecular formula is C15H19N3O3S2. The molecule has 0 aromatic heterocycles. The topological polar surface area (TPSA) is 84.6 Å². The van der Waals surface area contributed by atoms with E-state index in [9.17, 15) is 14.9 Å². The number of amidine groups is 1. The van der Waals surface area contributed by atoms with Crippen LogP contribution in [0.4, 0.5) is 5.69 Å². The monoisotopic (exact) mass is 353 g/mol. The van der Waals surface area contributed by atoms with Crippen LogP contribution in [0.1, 0.15) is 30.6 Å². The molecule has 2 rings (SSSR count). The van der Waals surface area contributed by atoms with E-state index in [0.717, 1.165) is 17.9 Å². The average Bonchev–Trinajstić information content (AvgIpc) is 2.99. The molecule has 0 aliphatic carbocycles. The lowest BCUT2D eigenvalue weighted by Gasteiger charge is -2.08. The van der Waals surface area contributed by atoms with E-state index in [1.165, 1.54) is 29.6 Å². The van der Waals surface area contributed by atoms with Crippen LogP contribution in [0.25, 0.3) is 0 Å². The third-order valence-corrected chi connectivity index (χ3v) is 5.16. The minimum atomic E-state index is -0.434. The van der Waals surface area contributed by atoms with Gasteiger partial charge in [-0.1, -0.05) is 25.6 Å². The van der Waals surface area contributed by atoms with E-state index >= 15 is 0 Å². The fourth-order valence-corrected chi connectivity index (χ4v) is 3.89. The Kier molecular flexibility index (Phi) is 6.47. The van der Waals surface area contributed by atoms with Crippen LogP contribution >= 0.6 is 23.5 Å². The minimum Gasteiger partial charge on any atom is -0.301 e. The zero-order valence-corrected chi connectivity index (χ0v) is 14.7. The van der Waals surface area contributed by atoms with Gasteiger partial charge in [0.15, 0.2) is 5.17 Å². The van der Waals surface area contributed by atoms with Crippen molar-refractivity contribution in [3.05, 3.63) is 33.9 Å². The summed E-state index contributed by atoms with van der Waals surface area (Å²) in [6.07, 6.45) is 0.987. The van der Waals surface area contributed by atoms with Gasteiger partial charge in [0.25, 0.3) is 11.6 Å². The van der Waals surface area contributed by atoms with Gasteiger partial charge < -0.3 is 5.32 Å². The van der Waals surface area contributed by atoms with Gasteiger partial charge in [0.05, 0.1) is 16.4 Å². The third-order valence-electron chi connectivity index (χ3n) is 3.18. The van der Waals surface area contributed by atoms with Crippen LogP contribution in [0.15, 0.2) is 28.1 Å². The predicted molar refractivity (Wildman–Crippen MR) is 95.5 cm³/mol. The summed E-state index contributed by atoms with van der Waals surface area (Å²) in [7, 11) is 0. The zero-order chi connectivity index (χ0) is 16.8. The number of nitrogens with one attached hydrogen (secondary N) is 1. The van der Waals surface area contributed by atoms with Crippen LogP contribution in [-0.4, -0.2) is 34.0 Å². The molecule has 23 heavy (non-hydrogen) atoms. The number of aliphatic imine (C=N–C) groups is 1. The first-order chi connectivity index (χ1) is 11.0. The lowest BCUT2D eigenvalue weighted by atomic mass is 10.2. The number of amides is 1. The van der Waals surface area contributed by atoms with Crippen molar-refractivity contribution in [1.29, 1.82) is 0 Å². The summed E-state index contributed by atoms with van der Waals surface area (Å²) in [5.74, 6) is 1.86. The molecule has 0 saturated heterocycles. The van der Waals surface area contributed by atoms with Gasteiger partial charge in [-0.2, -0.15) is 0 Å². The van der Waals surface area contributed by atoms with Gasteiger partial charge in [-0.3, -0.25) is 19.9 Å². The van der Waals surface area contributed by atoms with Crippen molar-refractivity contribution in [2.45, 2.75) is 25.2 Å². The number of thioether (sulfide) groups is 2. The van der Waals surface area contributed by atoms with Crippen LogP contribution in [0, 0.1) is 16.0 Å². The van der Waals surface area contributed by atoms with Gasteiger partial charge >= 0.3 is 0 Å². The molecule has 1 aromatic rings. The maximum atomic E-state index is 12.2. The zero-order valence-electron chi connectivity index (χ0n) is 13.1. The Labute approximate surface area is 143 Å². The normalized spacial score (nSPS) is 14.0. The van der Waals surface area contributed by atoms with Crippen molar-refractivity contribution < 1.29 is 9.72 Å². The second-order valence-corrected chi connectivity index (χ2v) is 7.68. The quantitative estimate of drug-likeness (QED) is 0.480. The highest BCUT2D eigenvalue weighted by Crippen LogP contribution is 2.31. The number of benzene rings is 1. The number of hydrogen-bond donors (Lipinski definition) is 1. The first-order valence-electron chi connectivity index (χ1n) is 7.37. The molecule has 6 nitrogen and oxygen atoms in total. The molecule has 0 saturated carbocycles. The third kappa shape index (κ3) is 5.24. The van der Waals surface area contributed by atoms with Gasteiger partial charge in [0.2, 0.25) is 0 Å². The van der Waals surface area contributed by atoms with Crippen molar-refractivity contribution >= 4 is 40.3 Å². The van der Waals surface area contributed by atoms with Crippen LogP contribution < -0.4 is 5.32 Å². The van der Waals surface area contributed by atoms with Crippen LogP contribution in [0.3, 0.4) is 0 Å². The molecule has 0 fully saturated rings. The van der Waals surface area contributed by atoms with E-state index in [1.807, 2.05) is 0 Å². The molecule has 0 radical (unpaired) electrons. The molecular weight excluding hydrogens is 334 g/mol. The highest BCUT2D eigenvalue weighted by Gasteiger charge is 2.19. The molecule has 0 unspecified atom stereocenters. The molecule has 8 heteroatoms. The molecule has 1 aliphatic heterocycles. The smallest absolute Gasteiger partial charge is 0.283 e. The maximum Gasteiger partial charge on any atom is 0.283 e. The molecule has 0 atom stereocenters. The summed E-state index contributed by atoms with van der Waals surface area (Å²) in [5.41, 5.74) is 0.257. The second-order valence-electron chi connectivity index (χ2n) is 5.46. The highest BCUT2D eigenvalue weighted by molar-refractivity contribution is 8.14. The first kappa shape index (κ1) is 17.8. The number of carbonyl (C=O) groups is 1. The molecule has 1 aliphatic rings. The van der Waals surface area contributed by atoms with E-state index < -0.39 is 4.92 Å². The summed E-state index contributed by atoms with van der Waals surface area (Å²) in [6, 6.07) is 4.62. The Bertz CT molecular complexity index is 632. The molecule has 1 heterocycles. The van der Waals surface area contributed by atoms with Gasteiger partial charge in [-0.05, 0) is 30.2 Å². The number of carbonyl (C=O) groups excluding carboxylic acids is 1. The van der Waals surface area contributed by atoms with Crippen molar-refractivity contribution in [3.8, 4) is 0 Å². The highest BCUT2D eigenvalue weighted by atomic mass is 32.2. The summed E-state index contributed by atoms with van der Waals surface area (Å²) in [5, 5.41) is 14.5. The van der Waals surface area contributed by atoms with E-state index in [-0.39, 0.29) is 17.2 Å². The number of nitrogens with zero attached hydrogens (tertiary/aromatic N) is 2. The summed E-state index contributed by atoms with van der Waals surface area (Å²) < 4.78 is 0. The summed E-state index contributed by atoms with van der Waals surface area (Å²) >= 11 is 2.93. The minimum absolute atomic E-state index is 0.0209. The molecule has 1 N–H and O–H groups in total. The molecule has 1 amide bonds. The predicted octanol–water partition coefficient (Wildman–Crippen LogP) is 3.57. The summed E-state index contributed by atoms with van der Waals surface area (Å²) in [4.78, 5) is 27.7. The average molecular weight is 353 g/mol. The largest absolute Gasteiger partial charge is 0.301 e. The fraction of sp³-hybridized carbons (Fsp3) is 0.467. The second kappa shape index (κ2) is 8.35. The van der Waals surface area contributed by atoms with Crippen LogP contribution in [0.2, 0.25) is 0 Å². The van der Waals surface area contributed by atoms with E-state index in [4.69, 9.17) is 0 Å². The fourth-order valence-electron chi connectivity index (χ4n) is 1.91. The molecule has 1 aromatic carbocycles. The number of nitro groups is 1. The Balaban J connectivity index is 2.11. The number of rotatable bonds is 6. The molecule has 124 valence electrons. The number of nitro benzene ring substituents is 1. The van der Waals surface area contributed by atoms with Gasteiger partial charge in [0.1, 0.15) is 0 Å². The summed E-state index contributed by atoms with van der Waals surface area (Å²) in [6.45, 7) is 4.92. The van der Waals surface area contributed by atoms with Crippen molar-refractivity contribution in [3.63, 3.8) is 0 Å². The number of hydrogen-bond acceptors (Lipinski definition) is 6. The van der Waals surface area contributed by atoms with Crippen molar-refractivity contribution in [1.82, 2.24) is 5.32 Å². The Morgan fingerprint density at radius 2 is 2.30 bits per heavy atom. The van der Waals surface area contributed by atoms with Crippen molar-refractivity contribution in [2.75, 3.05) is 18.1 Å². The van der Waals surface area contributed by atoms with Crippen LogP contribution in [0.5, 0.6) is 0 Å². The molecule has 0 bridgehead atoms. The maximum absolute atomic E-state index is 12.2. The Hall–Kier alpha value is -1.54. The van der Waals surface area contributed by atoms with Crippen molar-refractivity contribution in [2.24, 2.45) is 10.9 Å². The lowest BCUT2D eigenvalue weighted by Crippen LogP contribution is -2.27. The van der Waals surface area contributed by atoms with E-state index in [0.29, 0.717) is 22.5 Å².